The third-order valence-electron chi connectivity index (χ3n) is 5.26. The van der Waals surface area contributed by atoms with Crippen molar-refractivity contribution < 1.29 is 14.0 Å². The topological polar surface area (TPSA) is 101 Å². The number of hydrogen-bond donors (Lipinski definition) is 0. The summed E-state index contributed by atoms with van der Waals surface area (Å²) in [6.45, 7) is 0.624. The highest BCUT2D eigenvalue weighted by atomic mass is 32.2. The molecule has 176 valence electrons. The van der Waals surface area contributed by atoms with Gasteiger partial charge in [0.05, 0.1) is 32.1 Å². The van der Waals surface area contributed by atoms with E-state index in [2.05, 4.69) is 42.0 Å². The van der Waals surface area contributed by atoms with Gasteiger partial charge in [0.1, 0.15) is 11.5 Å². The van der Waals surface area contributed by atoms with Gasteiger partial charge in [0.25, 0.3) is 0 Å². The minimum absolute atomic E-state index is 0.436. The first-order chi connectivity index (χ1) is 17.2. The van der Waals surface area contributed by atoms with Crippen LogP contribution in [-0.4, -0.2) is 44.1 Å². The SMILES string of the molecule is COc1ccc(-c2noc(CSc3nnc(-c4cccnc4)n3Cc3ccccc3)n2)c(OC)c1. The van der Waals surface area contributed by atoms with Crippen LogP contribution in [0.4, 0.5) is 0 Å². The molecule has 0 fully saturated rings. The van der Waals surface area contributed by atoms with Gasteiger partial charge >= 0.3 is 0 Å². The Morgan fingerprint density at radius 2 is 1.86 bits per heavy atom. The smallest absolute Gasteiger partial charge is 0.237 e. The number of ether oxygens (including phenoxy) is 2. The fourth-order valence-electron chi connectivity index (χ4n) is 3.55. The zero-order chi connectivity index (χ0) is 24.0. The zero-order valence-electron chi connectivity index (χ0n) is 19.2. The molecule has 2 aromatic carbocycles. The summed E-state index contributed by atoms with van der Waals surface area (Å²) in [5, 5.41) is 13.8. The highest BCUT2D eigenvalue weighted by molar-refractivity contribution is 7.98. The van der Waals surface area contributed by atoms with Gasteiger partial charge in [0.2, 0.25) is 11.7 Å². The maximum Gasteiger partial charge on any atom is 0.237 e. The molecular formula is C25H22N6O3S. The van der Waals surface area contributed by atoms with Crippen LogP contribution in [0.2, 0.25) is 0 Å². The Bertz CT molecular complexity index is 1410. The van der Waals surface area contributed by atoms with Crippen LogP contribution < -0.4 is 9.47 Å². The molecule has 0 atom stereocenters. The lowest BCUT2D eigenvalue weighted by molar-refractivity contribution is 0.388. The summed E-state index contributed by atoms with van der Waals surface area (Å²) in [5.41, 5.74) is 2.76. The van der Waals surface area contributed by atoms with Crippen LogP contribution in [-0.2, 0) is 12.3 Å². The summed E-state index contributed by atoms with van der Waals surface area (Å²) in [6, 6.07) is 19.5. The molecule has 0 N–H and O–H groups in total. The van der Waals surface area contributed by atoms with E-state index in [1.54, 1.807) is 32.7 Å². The van der Waals surface area contributed by atoms with Crippen molar-refractivity contribution >= 4 is 11.8 Å². The summed E-state index contributed by atoms with van der Waals surface area (Å²) in [4.78, 5) is 8.78. The molecule has 0 aliphatic heterocycles. The van der Waals surface area contributed by atoms with E-state index in [1.807, 2.05) is 42.5 Å². The standard InChI is InChI=1S/C25H22N6O3S/c1-32-19-10-11-20(21(13-19)33-2)23-27-22(34-30-23)16-35-25-29-28-24(18-9-6-12-26-14-18)31(25)15-17-7-4-3-5-8-17/h3-14H,15-16H2,1-2H3. The average Bonchev–Trinajstić information content (AvgIpc) is 3.55. The second kappa shape index (κ2) is 10.4. The van der Waals surface area contributed by atoms with Crippen molar-refractivity contribution in [2.24, 2.45) is 0 Å². The normalized spacial score (nSPS) is 10.9. The molecule has 5 rings (SSSR count). The molecule has 10 heteroatoms. The first kappa shape index (κ1) is 22.6. The monoisotopic (exact) mass is 486 g/mol. The number of methoxy groups -OCH3 is 2. The predicted octanol–water partition coefficient (Wildman–Crippen LogP) is 4.75. The van der Waals surface area contributed by atoms with Crippen LogP contribution >= 0.6 is 11.8 Å². The van der Waals surface area contributed by atoms with Crippen LogP contribution in [0, 0.1) is 0 Å². The Morgan fingerprint density at radius 1 is 0.971 bits per heavy atom. The van der Waals surface area contributed by atoms with E-state index in [1.165, 1.54) is 11.8 Å². The first-order valence-corrected chi connectivity index (χ1v) is 11.8. The lowest BCUT2D eigenvalue weighted by Gasteiger charge is -2.10. The van der Waals surface area contributed by atoms with Gasteiger partial charge in [0, 0.05) is 24.0 Å². The maximum absolute atomic E-state index is 5.51. The van der Waals surface area contributed by atoms with E-state index in [9.17, 15) is 0 Å². The van der Waals surface area contributed by atoms with Crippen LogP contribution in [0.15, 0.2) is 82.7 Å². The van der Waals surface area contributed by atoms with Crippen LogP contribution in [0.3, 0.4) is 0 Å². The van der Waals surface area contributed by atoms with Gasteiger partial charge in [-0.05, 0) is 29.8 Å². The largest absolute Gasteiger partial charge is 0.497 e. The quantitative estimate of drug-likeness (QED) is 0.273. The first-order valence-electron chi connectivity index (χ1n) is 10.8. The third-order valence-corrected chi connectivity index (χ3v) is 6.21. The van der Waals surface area contributed by atoms with E-state index in [0.717, 1.165) is 27.7 Å². The van der Waals surface area contributed by atoms with Crippen molar-refractivity contribution in [3.05, 3.63) is 84.5 Å². The molecule has 3 heterocycles. The van der Waals surface area contributed by atoms with E-state index in [4.69, 9.17) is 14.0 Å². The molecule has 35 heavy (non-hydrogen) atoms. The summed E-state index contributed by atoms with van der Waals surface area (Å²) < 4.78 is 18.3. The number of pyridine rings is 1. The number of rotatable bonds is 9. The van der Waals surface area contributed by atoms with Crippen molar-refractivity contribution in [2.75, 3.05) is 14.2 Å². The second-order valence-corrected chi connectivity index (χ2v) is 8.43. The molecule has 0 bridgehead atoms. The number of thioether (sulfide) groups is 1. The van der Waals surface area contributed by atoms with Crippen LogP contribution in [0.25, 0.3) is 22.8 Å². The summed E-state index contributed by atoms with van der Waals surface area (Å²) >= 11 is 1.48. The van der Waals surface area contributed by atoms with Gasteiger partial charge in [-0.1, -0.05) is 47.3 Å². The van der Waals surface area contributed by atoms with Gasteiger partial charge in [-0.3, -0.25) is 9.55 Å². The highest BCUT2D eigenvalue weighted by Gasteiger charge is 2.18. The number of hydrogen-bond acceptors (Lipinski definition) is 9. The van der Waals surface area contributed by atoms with Gasteiger partial charge in [-0.25, -0.2) is 0 Å². The molecule has 0 radical (unpaired) electrons. The van der Waals surface area contributed by atoms with E-state index < -0.39 is 0 Å². The van der Waals surface area contributed by atoms with Gasteiger partial charge in [0.15, 0.2) is 11.0 Å². The van der Waals surface area contributed by atoms with Crippen molar-refractivity contribution in [3.63, 3.8) is 0 Å². The Balaban J connectivity index is 1.39. The minimum atomic E-state index is 0.436. The van der Waals surface area contributed by atoms with Crippen LogP contribution in [0.1, 0.15) is 11.5 Å². The summed E-state index contributed by atoms with van der Waals surface area (Å²) in [5.74, 6) is 3.39. The molecule has 0 saturated carbocycles. The van der Waals surface area contributed by atoms with Gasteiger partial charge in [-0.15, -0.1) is 10.2 Å². The lowest BCUT2D eigenvalue weighted by Crippen LogP contribution is -2.04. The number of aromatic nitrogens is 6. The molecule has 0 unspecified atom stereocenters. The zero-order valence-corrected chi connectivity index (χ0v) is 20.0. The molecule has 0 amide bonds. The molecule has 0 saturated heterocycles. The highest BCUT2D eigenvalue weighted by Crippen LogP contribution is 2.32. The van der Waals surface area contributed by atoms with E-state index in [0.29, 0.717) is 35.5 Å². The fourth-order valence-corrected chi connectivity index (χ4v) is 4.32. The third kappa shape index (κ3) is 5.02. The Morgan fingerprint density at radius 3 is 2.63 bits per heavy atom. The molecule has 0 spiro atoms. The van der Waals surface area contributed by atoms with Gasteiger partial charge in [-0.2, -0.15) is 4.98 Å². The van der Waals surface area contributed by atoms with Crippen molar-refractivity contribution in [1.82, 2.24) is 29.9 Å². The Labute approximate surface area is 206 Å². The van der Waals surface area contributed by atoms with Gasteiger partial charge < -0.3 is 14.0 Å². The molecule has 0 aliphatic rings. The number of nitrogens with zero attached hydrogens (tertiary/aromatic N) is 6. The van der Waals surface area contributed by atoms with Crippen LogP contribution in [0.5, 0.6) is 11.5 Å². The summed E-state index contributed by atoms with van der Waals surface area (Å²) in [7, 11) is 3.20. The second-order valence-electron chi connectivity index (χ2n) is 7.49. The fraction of sp³-hybridized carbons (Fsp3) is 0.160. The Hall–Kier alpha value is -4.18. The Kier molecular flexibility index (Phi) is 6.71. The average molecular weight is 487 g/mol. The molecule has 3 aromatic heterocycles. The summed E-state index contributed by atoms with van der Waals surface area (Å²) in [6.07, 6.45) is 3.52. The predicted molar refractivity (Wildman–Crippen MR) is 131 cm³/mol. The van der Waals surface area contributed by atoms with Crippen molar-refractivity contribution in [3.8, 4) is 34.3 Å². The van der Waals surface area contributed by atoms with Crippen molar-refractivity contribution in [2.45, 2.75) is 17.5 Å². The molecular weight excluding hydrogens is 464 g/mol. The maximum atomic E-state index is 5.51. The van der Waals surface area contributed by atoms with E-state index in [-0.39, 0.29) is 0 Å². The van der Waals surface area contributed by atoms with Crippen molar-refractivity contribution in [1.29, 1.82) is 0 Å². The van der Waals surface area contributed by atoms with E-state index >= 15 is 0 Å². The molecule has 5 aromatic rings. The minimum Gasteiger partial charge on any atom is -0.497 e. The lowest BCUT2D eigenvalue weighted by atomic mass is 10.2. The number of benzene rings is 2. The molecule has 0 aliphatic carbocycles. The molecule has 9 nitrogen and oxygen atoms in total.